The van der Waals surface area contributed by atoms with Gasteiger partial charge >= 0.3 is 5.97 Å². The molecule has 0 spiro atoms. The highest BCUT2D eigenvalue weighted by Crippen LogP contribution is 2.58. The number of halogens is 1. The minimum absolute atomic E-state index is 0.0145. The normalized spacial score (nSPS) is 24.2. The van der Waals surface area contributed by atoms with Gasteiger partial charge in [-0.2, -0.15) is 9.82 Å². The average molecular weight is 438 g/mol. The number of hydrogen-bond donors (Lipinski definition) is 2. The summed E-state index contributed by atoms with van der Waals surface area (Å²) in [5.74, 6) is -2.01. The maximum Gasteiger partial charge on any atom is 0.325 e. The van der Waals surface area contributed by atoms with Crippen molar-refractivity contribution < 1.29 is 18.3 Å². The van der Waals surface area contributed by atoms with Crippen LogP contribution in [-0.2, 0) is 14.8 Å². The molecule has 146 valence electrons. The Balaban J connectivity index is 1.65. The van der Waals surface area contributed by atoms with E-state index in [2.05, 4.69) is 9.82 Å². The third-order valence-corrected chi connectivity index (χ3v) is 8.27. The second kappa shape index (κ2) is 6.70. The molecule has 0 saturated heterocycles. The first-order chi connectivity index (χ1) is 13.3. The number of nitrogens with one attached hydrogen (secondary N) is 1. The van der Waals surface area contributed by atoms with Crippen LogP contribution in [0.5, 0.6) is 0 Å². The maximum absolute atomic E-state index is 12.9. The summed E-state index contributed by atoms with van der Waals surface area (Å²) in [4.78, 5) is 12.1. The number of benzene rings is 1. The van der Waals surface area contributed by atoms with E-state index >= 15 is 0 Å². The minimum Gasteiger partial charge on any atom is -0.480 e. The van der Waals surface area contributed by atoms with Gasteiger partial charge in [0.2, 0.25) is 0 Å². The second-order valence-electron chi connectivity index (χ2n) is 6.65. The van der Waals surface area contributed by atoms with Crippen LogP contribution in [-0.4, -0.2) is 34.8 Å². The van der Waals surface area contributed by atoms with Gasteiger partial charge in [0.25, 0.3) is 10.0 Å². The molecule has 1 saturated carbocycles. The third kappa shape index (κ3) is 3.04. The summed E-state index contributed by atoms with van der Waals surface area (Å²) in [6.45, 7) is 1.74. The molecule has 1 aromatic carbocycles. The second-order valence-corrected chi connectivity index (χ2v) is 10.1. The summed E-state index contributed by atoms with van der Waals surface area (Å²) in [6.07, 6.45) is 3.01. The fourth-order valence-corrected chi connectivity index (χ4v) is 6.39. The summed E-state index contributed by atoms with van der Waals surface area (Å²) >= 11 is 6.84. The number of rotatable bonds is 6. The zero-order chi connectivity index (χ0) is 20.1. The van der Waals surface area contributed by atoms with Gasteiger partial charge in [0.05, 0.1) is 17.4 Å². The molecule has 0 aliphatic heterocycles. The van der Waals surface area contributed by atoms with Crippen LogP contribution in [0.25, 0.3) is 5.00 Å². The Labute approximate surface area is 170 Å². The number of aromatic nitrogens is 2. The van der Waals surface area contributed by atoms with E-state index in [4.69, 9.17) is 11.6 Å². The predicted molar refractivity (Wildman–Crippen MR) is 105 cm³/mol. The lowest BCUT2D eigenvalue weighted by molar-refractivity contribution is -0.140. The molecular formula is C18H16ClN3O4S2. The molecule has 1 aliphatic carbocycles. The lowest BCUT2D eigenvalue weighted by atomic mass is 10.1. The van der Waals surface area contributed by atoms with Crippen LogP contribution in [0, 0.1) is 5.92 Å². The molecule has 4 rings (SSSR count). The Morgan fingerprint density at radius 3 is 2.61 bits per heavy atom. The topological polar surface area (TPSA) is 101 Å². The van der Waals surface area contributed by atoms with Gasteiger partial charge in [-0.25, -0.2) is 13.1 Å². The molecule has 0 radical (unpaired) electrons. The quantitative estimate of drug-likeness (QED) is 0.617. The van der Waals surface area contributed by atoms with Crippen molar-refractivity contribution in [3.8, 4) is 5.00 Å². The SMILES string of the molecule is CC1C(c2ccccc2)[C@]1(NS(=O)(=O)c1ccc(-n2cc(Cl)cn2)s1)C(=O)O. The predicted octanol–water partition coefficient (Wildman–Crippen LogP) is 3.12. The van der Waals surface area contributed by atoms with Gasteiger partial charge in [-0.3, -0.25) is 4.79 Å². The molecule has 2 aromatic heterocycles. The molecule has 2 unspecified atom stereocenters. The van der Waals surface area contributed by atoms with Gasteiger partial charge in [-0.15, -0.1) is 11.3 Å². The van der Waals surface area contributed by atoms with Crippen LogP contribution in [0.4, 0.5) is 0 Å². The first kappa shape index (κ1) is 19.1. The Bertz CT molecular complexity index is 1140. The Morgan fingerprint density at radius 2 is 2.00 bits per heavy atom. The number of carbonyl (C=O) groups is 1. The molecule has 1 fully saturated rings. The van der Waals surface area contributed by atoms with Gasteiger partial charge in [-0.05, 0) is 23.6 Å². The van der Waals surface area contributed by atoms with E-state index in [1.165, 1.54) is 16.9 Å². The van der Waals surface area contributed by atoms with Crippen molar-refractivity contribution in [2.45, 2.75) is 22.6 Å². The fourth-order valence-electron chi connectivity index (χ4n) is 3.57. The van der Waals surface area contributed by atoms with Crippen molar-refractivity contribution in [3.05, 3.63) is 65.4 Å². The van der Waals surface area contributed by atoms with E-state index in [0.717, 1.165) is 16.9 Å². The summed E-state index contributed by atoms with van der Waals surface area (Å²) in [7, 11) is -4.04. The van der Waals surface area contributed by atoms with Crippen molar-refractivity contribution in [2.24, 2.45) is 5.92 Å². The lowest BCUT2D eigenvalue weighted by Gasteiger charge is -2.15. The summed E-state index contributed by atoms with van der Waals surface area (Å²) in [5, 5.41) is 14.9. The molecule has 7 nitrogen and oxygen atoms in total. The number of aliphatic carboxylic acids is 1. The molecule has 0 amide bonds. The van der Waals surface area contributed by atoms with Crippen molar-refractivity contribution in [1.82, 2.24) is 14.5 Å². The number of thiophene rings is 1. The van der Waals surface area contributed by atoms with Crippen molar-refractivity contribution >= 4 is 38.9 Å². The van der Waals surface area contributed by atoms with Gasteiger partial charge < -0.3 is 5.11 Å². The standard InChI is InChI=1S/C18H16ClN3O4S2/c1-11-16(12-5-3-2-4-6-12)18(11,17(23)24)21-28(25,26)15-8-7-14(27-15)22-10-13(19)9-20-22/h2-11,16,21H,1H3,(H,23,24)/t11?,16?,18-/m0/s1. The molecule has 1 aliphatic rings. The van der Waals surface area contributed by atoms with Gasteiger partial charge in [0.15, 0.2) is 0 Å². The van der Waals surface area contributed by atoms with Crippen LogP contribution in [0.3, 0.4) is 0 Å². The third-order valence-electron chi connectivity index (χ3n) is 5.02. The minimum atomic E-state index is -4.04. The number of nitrogens with zero attached hydrogens (tertiary/aromatic N) is 2. The van der Waals surface area contributed by atoms with E-state index in [-0.39, 0.29) is 10.1 Å². The molecule has 10 heteroatoms. The summed E-state index contributed by atoms with van der Waals surface area (Å²) in [5.41, 5.74) is -0.780. The zero-order valence-corrected chi connectivity index (χ0v) is 17.0. The van der Waals surface area contributed by atoms with Crippen LogP contribution in [0.2, 0.25) is 5.02 Å². The van der Waals surface area contributed by atoms with Crippen molar-refractivity contribution in [1.29, 1.82) is 0 Å². The summed E-state index contributed by atoms with van der Waals surface area (Å²) < 4.78 is 29.8. The van der Waals surface area contributed by atoms with Crippen LogP contribution >= 0.6 is 22.9 Å². The Hall–Kier alpha value is -2.20. The molecule has 3 aromatic rings. The van der Waals surface area contributed by atoms with Crippen molar-refractivity contribution in [3.63, 3.8) is 0 Å². The van der Waals surface area contributed by atoms with Gasteiger partial charge in [0.1, 0.15) is 14.7 Å². The molecular weight excluding hydrogens is 422 g/mol. The van der Waals surface area contributed by atoms with Crippen LogP contribution in [0.15, 0.2) is 59.1 Å². The van der Waals surface area contributed by atoms with E-state index in [9.17, 15) is 18.3 Å². The first-order valence-corrected chi connectivity index (χ1v) is 11.1. The van der Waals surface area contributed by atoms with Crippen LogP contribution < -0.4 is 4.72 Å². The van der Waals surface area contributed by atoms with Crippen LogP contribution in [0.1, 0.15) is 18.4 Å². The highest BCUT2D eigenvalue weighted by molar-refractivity contribution is 7.91. The fraction of sp³-hybridized carbons (Fsp3) is 0.222. The maximum atomic E-state index is 12.9. The molecule has 0 bridgehead atoms. The number of hydrogen-bond acceptors (Lipinski definition) is 5. The Kier molecular flexibility index (Phi) is 4.58. The van der Waals surface area contributed by atoms with E-state index in [0.29, 0.717) is 10.0 Å². The average Bonchev–Trinajstić information content (AvgIpc) is 3.06. The van der Waals surface area contributed by atoms with E-state index < -0.39 is 27.4 Å². The smallest absolute Gasteiger partial charge is 0.325 e. The summed E-state index contributed by atoms with van der Waals surface area (Å²) in [6, 6.07) is 12.1. The monoisotopic (exact) mass is 437 g/mol. The molecule has 2 heterocycles. The van der Waals surface area contributed by atoms with E-state index in [1.807, 2.05) is 30.3 Å². The van der Waals surface area contributed by atoms with E-state index in [1.54, 1.807) is 19.2 Å². The molecule has 28 heavy (non-hydrogen) atoms. The van der Waals surface area contributed by atoms with Gasteiger partial charge in [0, 0.05) is 5.92 Å². The highest BCUT2D eigenvalue weighted by Gasteiger charge is 2.70. The highest BCUT2D eigenvalue weighted by atomic mass is 35.5. The molecule has 3 atom stereocenters. The Morgan fingerprint density at radius 1 is 1.29 bits per heavy atom. The number of carboxylic acid groups (broad SMARTS) is 1. The largest absolute Gasteiger partial charge is 0.480 e. The van der Waals surface area contributed by atoms with Crippen molar-refractivity contribution in [2.75, 3.05) is 0 Å². The number of sulfonamides is 1. The first-order valence-electron chi connectivity index (χ1n) is 8.38. The molecule has 2 N–H and O–H groups in total. The lowest BCUT2D eigenvalue weighted by Crippen LogP contribution is -2.45. The zero-order valence-electron chi connectivity index (χ0n) is 14.6. The van der Waals surface area contributed by atoms with Gasteiger partial charge in [-0.1, -0.05) is 48.9 Å². The number of carboxylic acids is 1.